The lowest BCUT2D eigenvalue weighted by molar-refractivity contribution is 0.105. The Kier molecular flexibility index (Phi) is 4.26. The van der Waals surface area contributed by atoms with E-state index in [1.54, 1.807) is 36.4 Å². The summed E-state index contributed by atoms with van der Waals surface area (Å²) < 4.78 is 30.5. The highest BCUT2D eigenvalue weighted by Crippen LogP contribution is 2.37. The summed E-state index contributed by atoms with van der Waals surface area (Å²) in [5, 5.41) is 0. The van der Waals surface area contributed by atoms with Crippen LogP contribution in [0.25, 0.3) is 5.57 Å². The molecule has 3 rings (SSSR count). The summed E-state index contributed by atoms with van der Waals surface area (Å²) in [4.78, 5) is 23.4. The average molecular weight is 363 g/mol. The van der Waals surface area contributed by atoms with Crippen molar-refractivity contribution in [2.45, 2.75) is 4.90 Å². The molecular formula is C17H11ClO5S. The number of carbonyl (C=O) groups excluding carboxylic acids is 2. The van der Waals surface area contributed by atoms with E-state index in [9.17, 15) is 18.0 Å². The number of carbonyl (C=O) groups is 2. The van der Waals surface area contributed by atoms with E-state index in [0.29, 0.717) is 5.56 Å². The van der Waals surface area contributed by atoms with Gasteiger partial charge in [-0.3, -0.25) is 4.79 Å². The maximum absolute atomic E-state index is 12.9. The van der Waals surface area contributed by atoms with Crippen LogP contribution in [0.4, 0.5) is 4.79 Å². The molecule has 0 bridgehead atoms. The van der Waals surface area contributed by atoms with E-state index in [0.717, 1.165) is 0 Å². The third-order valence-electron chi connectivity index (χ3n) is 3.63. The van der Waals surface area contributed by atoms with Crippen LogP contribution in [0.5, 0.6) is 0 Å². The summed E-state index contributed by atoms with van der Waals surface area (Å²) in [5.74, 6) is -0.438. The van der Waals surface area contributed by atoms with Crippen LogP contribution in [0.3, 0.4) is 0 Å². The Morgan fingerprint density at radius 1 is 1.00 bits per heavy atom. The number of Topliss-reactive ketones (excluding diaryl/α,β-unsaturated/α-hetero) is 1. The predicted octanol–water partition coefficient (Wildman–Crippen LogP) is 3.44. The van der Waals surface area contributed by atoms with E-state index in [4.69, 9.17) is 11.6 Å². The van der Waals surface area contributed by atoms with E-state index in [2.05, 4.69) is 4.74 Å². The van der Waals surface area contributed by atoms with E-state index in [-0.39, 0.29) is 20.9 Å². The lowest BCUT2D eigenvalue weighted by Crippen LogP contribution is -2.24. The van der Waals surface area contributed by atoms with Gasteiger partial charge in [-0.15, -0.1) is 0 Å². The minimum Gasteiger partial charge on any atom is -0.448 e. The van der Waals surface area contributed by atoms with Crippen LogP contribution in [0.2, 0.25) is 0 Å². The number of ketones is 1. The van der Waals surface area contributed by atoms with Crippen LogP contribution in [-0.2, 0) is 14.6 Å². The number of hydrogen-bond donors (Lipinski definition) is 0. The molecule has 0 spiro atoms. The fourth-order valence-corrected chi connectivity index (χ4v) is 4.31. The first-order valence-corrected chi connectivity index (χ1v) is 8.78. The van der Waals surface area contributed by atoms with Crippen molar-refractivity contribution >= 4 is 38.2 Å². The Hall–Kier alpha value is -2.44. The molecule has 0 aliphatic carbocycles. The lowest BCUT2D eigenvalue weighted by atomic mass is 9.96. The standard InChI is InChI=1S/C17H11ClO5S/c18-17(20)23-10-14-15(11-6-2-1-3-7-11)16(19)12-8-4-5-9-13(12)24(14,21)22/h1-9H,10H2. The number of rotatable bonds is 3. The van der Waals surface area contributed by atoms with Crippen LogP contribution < -0.4 is 0 Å². The molecule has 0 saturated carbocycles. The molecule has 1 aliphatic heterocycles. The van der Waals surface area contributed by atoms with Crippen molar-refractivity contribution in [1.82, 2.24) is 0 Å². The quantitative estimate of drug-likeness (QED) is 0.781. The molecule has 2 aromatic carbocycles. The fraction of sp³-hybridized carbons (Fsp3) is 0.0588. The van der Waals surface area contributed by atoms with Crippen LogP contribution in [0.1, 0.15) is 15.9 Å². The van der Waals surface area contributed by atoms with E-state index in [1.807, 2.05) is 0 Å². The molecular weight excluding hydrogens is 352 g/mol. The van der Waals surface area contributed by atoms with Gasteiger partial charge in [0.15, 0.2) is 5.78 Å². The summed E-state index contributed by atoms with van der Waals surface area (Å²) in [6.45, 7) is -0.602. The normalized spacial score (nSPS) is 15.8. The van der Waals surface area contributed by atoms with Gasteiger partial charge >= 0.3 is 5.43 Å². The molecule has 7 heteroatoms. The van der Waals surface area contributed by atoms with Gasteiger partial charge < -0.3 is 4.74 Å². The number of ether oxygens (including phenoxy) is 1. The molecule has 1 heterocycles. The molecule has 5 nitrogen and oxygen atoms in total. The van der Waals surface area contributed by atoms with Gasteiger partial charge in [-0.25, -0.2) is 13.2 Å². The molecule has 1 aliphatic rings. The summed E-state index contributed by atoms with van der Waals surface area (Å²) in [6, 6.07) is 14.3. The number of benzene rings is 2. The second-order valence-corrected chi connectivity index (χ2v) is 7.27. The average Bonchev–Trinajstić information content (AvgIpc) is 2.57. The van der Waals surface area contributed by atoms with E-state index >= 15 is 0 Å². The zero-order valence-corrected chi connectivity index (χ0v) is 13.8. The molecule has 122 valence electrons. The highest BCUT2D eigenvalue weighted by atomic mass is 35.5. The highest BCUT2D eigenvalue weighted by Gasteiger charge is 2.37. The Labute approximate surface area is 143 Å². The lowest BCUT2D eigenvalue weighted by Gasteiger charge is -2.22. The summed E-state index contributed by atoms with van der Waals surface area (Å²) in [6.07, 6.45) is 0. The predicted molar refractivity (Wildman–Crippen MR) is 88.5 cm³/mol. The first kappa shape index (κ1) is 16.4. The maximum atomic E-state index is 12.9. The number of sulfone groups is 1. The molecule has 24 heavy (non-hydrogen) atoms. The summed E-state index contributed by atoms with van der Waals surface area (Å²) in [5.41, 5.74) is -0.623. The molecule has 0 aromatic heterocycles. The largest absolute Gasteiger partial charge is 0.448 e. The van der Waals surface area contributed by atoms with Crippen LogP contribution >= 0.6 is 11.6 Å². The topological polar surface area (TPSA) is 77.5 Å². The SMILES string of the molecule is O=C(Cl)OCC1=C(c2ccccc2)C(=O)c2ccccc2S1(=O)=O. The number of hydrogen-bond acceptors (Lipinski definition) is 5. The van der Waals surface area contributed by atoms with Gasteiger partial charge in [0.1, 0.15) is 6.61 Å². The molecule has 0 radical (unpaired) electrons. The van der Waals surface area contributed by atoms with Gasteiger partial charge in [0.05, 0.1) is 9.80 Å². The van der Waals surface area contributed by atoms with Crippen molar-refractivity contribution in [3.8, 4) is 0 Å². The number of allylic oxidation sites excluding steroid dienone is 1. The minimum absolute atomic E-state index is 0.00721. The molecule has 0 unspecified atom stereocenters. The monoisotopic (exact) mass is 362 g/mol. The van der Waals surface area contributed by atoms with Crippen molar-refractivity contribution < 1.29 is 22.7 Å². The van der Waals surface area contributed by atoms with Crippen molar-refractivity contribution in [2.75, 3.05) is 6.61 Å². The Bertz CT molecular complexity index is 961. The number of fused-ring (bicyclic) bond motifs is 1. The molecule has 0 N–H and O–H groups in total. The van der Waals surface area contributed by atoms with Crippen LogP contribution in [0.15, 0.2) is 64.4 Å². The maximum Gasteiger partial charge on any atom is 0.404 e. The van der Waals surface area contributed by atoms with Gasteiger partial charge in [0.25, 0.3) is 0 Å². The Balaban J connectivity index is 2.29. The van der Waals surface area contributed by atoms with E-state index < -0.39 is 27.7 Å². The third kappa shape index (κ3) is 2.74. The van der Waals surface area contributed by atoms with Gasteiger partial charge in [0, 0.05) is 22.7 Å². The number of halogens is 1. The smallest absolute Gasteiger partial charge is 0.404 e. The van der Waals surface area contributed by atoms with Gasteiger partial charge in [-0.05, 0) is 17.7 Å². The highest BCUT2D eigenvalue weighted by molar-refractivity contribution is 7.95. The fourth-order valence-electron chi connectivity index (χ4n) is 2.59. The second kappa shape index (κ2) is 6.22. The first-order chi connectivity index (χ1) is 11.4. The molecule has 0 atom stereocenters. The van der Waals surface area contributed by atoms with Crippen LogP contribution in [-0.4, -0.2) is 26.2 Å². The molecule has 0 saturated heterocycles. The third-order valence-corrected chi connectivity index (χ3v) is 5.65. The van der Waals surface area contributed by atoms with E-state index in [1.165, 1.54) is 18.2 Å². The zero-order valence-electron chi connectivity index (χ0n) is 12.2. The van der Waals surface area contributed by atoms with Crippen molar-refractivity contribution in [2.24, 2.45) is 0 Å². The van der Waals surface area contributed by atoms with Gasteiger partial charge in [0.2, 0.25) is 9.84 Å². The molecule has 0 fully saturated rings. The molecule has 2 aromatic rings. The van der Waals surface area contributed by atoms with Gasteiger partial charge in [-0.1, -0.05) is 42.5 Å². The summed E-state index contributed by atoms with van der Waals surface area (Å²) >= 11 is 5.16. The molecule has 0 amide bonds. The zero-order chi connectivity index (χ0) is 17.3. The Morgan fingerprint density at radius 3 is 2.29 bits per heavy atom. The van der Waals surface area contributed by atoms with Gasteiger partial charge in [-0.2, -0.15) is 0 Å². The van der Waals surface area contributed by atoms with Crippen molar-refractivity contribution in [1.29, 1.82) is 0 Å². The van der Waals surface area contributed by atoms with Crippen molar-refractivity contribution in [3.63, 3.8) is 0 Å². The second-order valence-electron chi connectivity index (χ2n) is 5.02. The van der Waals surface area contributed by atoms with Crippen molar-refractivity contribution in [3.05, 3.63) is 70.6 Å². The Morgan fingerprint density at radius 2 is 1.62 bits per heavy atom. The van der Waals surface area contributed by atoms with Crippen LogP contribution in [0, 0.1) is 0 Å². The first-order valence-electron chi connectivity index (χ1n) is 6.92. The minimum atomic E-state index is -3.99. The summed E-state index contributed by atoms with van der Waals surface area (Å²) in [7, 11) is -3.99.